The quantitative estimate of drug-likeness (QED) is 0.838. The monoisotopic (exact) mass is 293 g/mol. The summed E-state index contributed by atoms with van der Waals surface area (Å²) in [7, 11) is -2.30. The average Bonchev–Trinajstić information content (AvgIpc) is 2.40. The maximum atomic E-state index is 12.3. The molecule has 6 nitrogen and oxygen atoms in total. The summed E-state index contributed by atoms with van der Waals surface area (Å²) in [4.78, 5) is 3.99. The van der Waals surface area contributed by atoms with Crippen molar-refractivity contribution in [2.75, 3.05) is 17.6 Å². The number of methoxy groups -OCH3 is 1. The maximum Gasteiger partial charge on any atom is 0.265 e. The molecule has 3 N–H and O–H groups in total. The van der Waals surface area contributed by atoms with Crippen LogP contribution in [0.5, 0.6) is 5.75 Å². The molecule has 0 atom stereocenters. The van der Waals surface area contributed by atoms with Gasteiger partial charge in [-0.1, -0.05) is 6.07 Å². The van der Waals surface area contributed by atoms with E-state index < -0.39 is 10.0 Å². The van der Waals surface area contributed by atoms with Crippen molar-refractivity contribution in [1.29, 1.82) is 0 Å². The van der Waals surface area contributed by atoms with Crippen molar-refractivity contribution >= 4 is 21.5 Å². The van der Waals surface area contributed by atoms with E-state index >= 15 is 0 Å². The number of anilines is 2. The zero-order valence-corrected chi connectivity index (χ0v) is 11.9. The number of rotatable bonds is 4. The van der Waals surface area contributed by atoms with E-state index in [0.717, 1.165) is 5.56 Å². The molecule has 0 saturated carbocycles. The summed E-state index contributed by atoms with van der Waals surface area (Å²) in [5.41, 5.74) is 6.60. The molecule has 0 aliphatic heterocycles. The van der Waals surface area contributed by atoms with Crippen molar-refractivity contribution < 1.29 is 13.2 Å². The normalized spacial score (nSPS) is 11.1. The fourth-order valence-electron chi connectivity index (χ4n) is 1.67. The Hall–Kier alpha value is -2.28. The Labute approximate surface area is 117 Å². The smallest absolute Gasteiger partial charge is 0.265 e. The molecule has 2 aromatic rings. The summed E-state index contributed by atoms with van der Waals surface area (Å²) < 4.78 is 32.0. The molecule has 0 spiro atoms. The fourth-order valence-corrected chi connectivity index (χ4v) is 2.87. The first-order valence-corrected chi connectivity index (χ1v) is 7.30. The largest absolute Gasteiger partial charge is 0.497 e. The van der Waals surface area contributed by atoms with Gasteiger partial charge >= 0.3 is 0 Å². The topological polar surface area (TPSA) is 94.3 Å². The van der Waals surface area contributed by atoms with E-state index in [0.29, 0.717) is 5.75 Å². The zero-order valence-electron chi connectivity index (χ0n) is 11.1. The lowest BCUT2D eigenvalue weighted by molar-refractivity contribution is 0.414. The number of hydrogen-bond acceptors (Lipinski definition) is 5. The highest BCUT2D eigenvalue weighted by atomic mass is 32.2. The molecule has 0 saturated heterocycles. The first-order chi connectivity index (χ1) is 9.44. The highest BCUT2D eigenvalue weighted by Crippen LogP contribution is 2.25. The van der Waals surface area contributed by atoms with Crippen molar-refractivity contribution in [3.8, 4) is 5.75 Å². The Balaban J connectivity index is 2.39. The number of nitrogen functional groups attached to an aromatic ring is 1. The third kappa shape index (κ3) is 2.83. The van der Waals surface area contributed by atoms with Gasteiger partial charge in [-0.3, -0.25) is 4.72 Å². The maximum absolute atomic E-state index is 12.3. The molecule has 106 valence electrons. The van der Waals surface area contributed by atoms with Crippen molar-refractivity contribution in [1.82, 2.24) is 4.98 Å². The van der Waals surface area contributed by atoms with Crippen LogP contribution in [0.25, 0.3) is 0 Å². The van der Waals surface area contributed by atoms with E-state index in [4.69, 9.17) is 10.5 Å². The number of ether oxygens (including phenoxy) is 1. The van der Waals surface area contributed by atoms with Gasteiger partial charge in [0, 0.05) is 12.3 Å². The fraction of sp³-hybridized carbons (Fsp3) is 0.154. The second-order valence-electron chi connectivity index (χ2n) is 4.18. The molecule has 0 bridgehead atoms. The number of aromatic nitrogens is 1. The van der Waals surface area contributed by atoms with Gasteiger partial charge in [-0.25, -0.2) is 13.4 Å². The summed E-state index contributed by atoms with van der Waals surface area (Å²) in [6.07, 6.45) is 1.52. The highest BCUT2D eigenvalue weighted by molar-refractivity contribution is 7.92. The molecule has 0 fully saturated rings. The number of nitrogens with one attached hydrogen (secondary N) is 1. The highest BCUT2D eigenvalue weighted by Gasteiger charge is 2.19. The first kappa shape index (κ1) is 14.1. The third-order valence-electron chi connectivity index (χ3n) is 2.75. The molecule has 20 heavy (non-hydrogen) atoms. The molecule has 2 rings (SSSR count). The lowest BCUT2D eigenvalue weighted by Gasteiger charge is -2.11. The van der Waals surface area contributed by atoms with E-state index in [1.807, 2.05) is 0 Å². The first-order valence-electron chi connectivity index (χ1n) is 5.82. The van der Waals surface area contributed by atoms with E-state index in [2.05, 4.69) is 9.71 Å². The Morgan fingerprint density at radius 3 is 2.65 bits per heavy atom. The number of pyridine rings is 1. The van der Waals surface area contributed by atoms with Gasteiger partial charge in [0.1, 0.15) is 16.5 Å². The van der Waals surface area contributed by atoms with Gasteiger partial charge in [0.15, 0.2) is 0 Å². The van der Waals surface area contributed by atoms with Crippen LogP contribution >= 0.6 is 0 Å². The molecular formula is C13H15N3O3S. The van der Waals surface area contributed by atoms with Crippen LogP contribution < -0.4 is 15.2 Å². The molecular weight excluding hydrogens is 278 g/mol. The minimum absolute atomic E-state index is 0.0108. The Kier molecular flexibility index (Phi) is 3.80. The van der Waals surface area contributed by atoms with Crippen LogP contribution in [0.3, 0.4) is 0 Å². The van der Waals surface area contributed by atoms with Crippen LogP contribution in [-0.4, -0.2) is 20.5 Å². The Morgan fingerprint density at radius 2 is 2.05 bits per heavy atom. The predicted octanol–water partition coefficient (Wildman–Crippen LogP) is 1.78. The third-order valence-corrected chi connectivity index (χ3v) is 4.16. The molecule has 0 aliphatic carbocycles. The minimum Gasteiger partial charge on any atom is -0.497 e. The summed E-state index contributed by atoms with van der Waals surface area (Å²) in [5.74, 6) is 0.776. The van der Waals surface area contributed by atoms with Crippen molar-refractivity contribution in [2.24, 2.45) is 0 Å². The lowest BCUT2D eigenvalue weighted by atomic mass is 10.3. The van der Waals surface area contributed by atoms with E-state index in [9.17, 15) is 8.42 Å². The van der Waals surface area contributed by atoms with Crippen LogP contribution in [0.15, 0.2) is 41.4 Å². The van der Waals surface area contributed by atoms with E-state index in [-0.39, 0.29) is 16.4 Å². The molecule has 0 aliphatic rings. The van der Waals surface area contributed by atoms with Crippen molar-refractivity contribution in [3.05, 3.63) is 42.1 Å². The predicted molar refractivity (Wildman–Crippen MR) is 77.2 cm³/mol. The van der Waals surface area contributed by atoms with Gasteiger partial charge in [-0.05, 0) is 30.7 Å². The van der Waals surface area contributed by atoms with Crippen LogP contribution in [0.1, 0.15) is 5.56 Å². The molecule has 1 heterocycles. The van der Waals surface area contributed by atoms with Crippen LogP contribution in [0.2, 0.25) is 0 Å². The standard InChI is InChI=1S/C13H15N3O3S/c1-9-4-3-7-15-13(9)16-20(17,18)12-6-5-10(19-2)8-11(12)14/h3-8H,14H2,1-2H3,(H,15,16). The van der Waals surface area contributed by atoms with Gasteiger partial charge in [-0.15, -0.1) is 0 Å². The van der Waals surface area contributed by atoms with Crippen LogP contribution in [-0.2, 0) is 10.0 Å². The van der Waals surface area contributed by atoms with E-state index in [1.54, 1.807) is 19.1 Å². The van der Waals surface area contributed by atoms with Crippen LogP contribution in [0.4, 0.5) is 11.5 Å². The average molecular weight is 293 g/mol. The summed E-state index contributed by atoms with van der Waals surface area (Å²) in [6.45, 7) is 1.77. The number of benzene rings is 1. The Morgan fingerprint density at radius 1 is 1.30 bits per heavy atom. The molecule has 0 unspecified atom stereocenters. The lowest BCUT2D eigenvalue weighted by Crippen LogP contribution is -2.16. The van der Waals surface area contributed by atoms with Gasteiger partial charge < -0.3 is 10.5 Å². The van der Waals surface area contributed by atoms with E-state index in [1.165, 1.54) is 31.5 Å². The van der Waals surface area contributed by atoms with Gasteiger partial charge in [0.05, 0.1) is 12.8 Å². The number of nitrogens with zero attached hydrogens (tertiary/aromatic N) is 1. The van der Waals surface area contributed by atoms with Crippen molar-refractivity contribution in [3.63, 3.8) is 0 Å². The van der Waals surface area contributed by atoms with Gasteiger partial charge in [0.25, 0.3) is 10.0 Å². The summed E-state index contributed by atoms with van der Waals surface area (Å²) >= 11 is 0. The molecule has 1 aromatic heterocycles. The number of sulfonamides is 1. The van der Waals surface area contributed by atoms with Crippen LogP contribution in [0, 0.1) is 6.92 Å². The zero-order chi connectivity index (χ0) is 14.8. The Bertz CT molecular complexity index is 729. The number of nitrogens with two attached hydrogens (primary N) is 1. The van der Waals surface area contributed by atoms with Gasteiger partial charge in [0.2, 0.25) is 0 Å². The molecule has 1 aromatic carbocycles. The van der Waals surface area contributed by atoms with Gasteiger partial charge in [-0.2, -0.15) is 0 Å². The SMILES string of the molecule is COc1ccc(S(=O)(=O)Nc2ncccc2C)c(N)c1. The summed E-state index contributed by atoms with van der Waals surface area (Å²) in [5, 5.41) is 0. The minimum atomic E-state index is -3.78. The second kappa shape index (κ2) is 5.38. The summed E-state index contributed by atoms with van der Waals surface area (Å²) in [6, 6.07) is 7.89. The molecule has 7 heteroatoms. The second-order valence-corrected chi connectivity index (χ2v) is 5.83. The number of hydrogen-bond donors (Lipinski definition) is 2. The molecule has 0 amide bonds. The van der Waals surface area contributed by atoms with Crippen molar-refractivity contribution in [2.45, 2.75) is 11.8 Å². The number of aryl methyl sites for hydroxylation is 1. The molecule has 0 radical (unpaired) electrons.